The number of hydrogen-bond acceptors (Lipinski definition) is 6. The molecule has 106 valence electrons. The van der Waals surface area contributed by atoms with Gasteiger partial charge in [-0.05, 0) is 0 Å². The molecule has 0 aliphatic heterocycles. The summed E-state index contributed by atoms with van der Waals surface area (Å²) in [6.45, 7) is 0.582. The van der Waals surface area contributed by atoms with Crippen molar-refractivity contribution in [3.05, 3.63) is 36.4 Å². The summed E-state index contributed by atoms with van der Waals surface area (Å²) in [4.78, 5) is 8.75. The maximum atomic E-state index is 11.1. The van der Waals surface area contributed by atoms with Gasteiger partial charge in [-0.1, -0.05) is 30.3 Å². The van der Waals surface area contributed by atoms with E-state index in [0.717, 1.165) is 5.56 Å². The Balaban J connectivity index is 2.22. The van der Waals surface area contributed by atoms with Crippen LogP contribution >= 0.6 is 0 Å². The van der Waals surface area contributed by atoms with Crippen molar-refractivity contribution in [2.24, 2.45) is 5.84 Å². The molecule has 0 aliphatic carbocycles. The van der Waals surface area contributed by atoms with Gasteiger partial charge in [0.1, 0.15) is 11.6 Å². The third-order valence-corrected chi connectivity index (χ3v) is 3.38. The van der Waals surface area contributed by atoms with E-state index in [1.165, 1.54) is 0 Å². The normalized spacial score (nSPS) is 11.9. The molecule has 0 bridgehead atoms. The highest BCUT2D eigenvalue weighted by molar-refractivity contribution is 7.84. The predicted molar refractivity (Wildman–Crippen MR) is 82.7 cm³/mol. The Labute approximate surface area is 120 Å². The molecule has 0 saturated carbocycles. The maximum absolute atomic E-state index is 11.1. The first-order chi connectivity index (χ1) is 9.69. The Bertz CT molecular complexity index is 591. The molecule has 0 amide bonds. The van der Waals surface area contributed by atoms with Gasteiger partial charge in [-0.2, -0.15) is 0 Å². The maximum Gasteiger partial charge on any atom is 0.163 e. The highest BCUT2D eigenvalue weighted by Crippen LogP contribution is 2.19. The van der Waals surface area contributed by atoms with Gasteiger partial charge in [-0.25, -0.2) is 15.8 Å². The number of hydrazine groups is 1. The van der Waals surface area contributed by atoms with Crippen molar-refractivity contribution in [2.75, 3.05) is 29.3 Å². The minimum absolute atomic E-state index is 0.527. The second-order valence-electron chi connectivity index (χ2n) is 4.18. The van der Waals surface area contributed by atoms with E-state index in [-0.39, 0.29) is 0 Å². The summed E-state index contributed by atoms with van der Waals surface area (Å²) in [5.74, 6) is 7.75. The van der Waals surface area contributed by atoms with Crippen molar-refractivity contribution in [2.45, 2.75) is 0 Å². The Morgan fingerprint density at radius 1 is 1.20 bits per heavy atom. The van der Waals surface area contributed by atoms with E-state index >= 15 is 0 Å². The van der Waals surface area contributed by atoms with Gasteiger partial charge >= 0.3 is 0 Å². The molecule has 1 heterocycles. The van der Waals surface area contributed by atoms with Crippen LogP contribution in [0.2, 0.25) is 0 Å². The molecule has 0 spiro atoms. The van der Waals surface area contributed by atoms with E-state index in [9.17, 15) is 4.21 Å². The molecule has 20 heavy (non-hydrogen) atoms. The van der Waals surface area contributed by atoms with Crippen molar-refractivity contribution in [3.63, 3.8) is 0 Å². The molecular formula is C13H17N5OS. The molecule has 0 radical (unpaired) electrons. The third-order valence-electron chi connectivity index (χ3n) is 2.60. The Hall–Kier alpha value is -1.99. The molecule has 0 fully saturated rings. The smallest absolute Gasteiger partial charge is 0.163 e. The van der Waals surface area contributed by atoms with Gasteiger partial charge in [0.2, 0.25) is 0 Å². The topological polar surface area (TPSA) is 92.9 Å². The number of anilines is 2. The first-order valence-corrected chi connectivity index (χ1v) is 7.87. The molecule has 1 unspecified atom stereocenters. The lowest BCUT2D eigenvalue weighted by molar-refractivity contribution is 0.687. The van der Waals surface area contributed by atoms with E-state index in [4.69, 9.17) is 5.84 Å². The van der Waals surface area contributed by atoms with Crippen LogP contribution in [0.1, 0.15) is 0 Å². The summed E-state index contributed by atoms with van der Waals surface area (Å²) in [6, 6.07) is 11.4. The van der Waals surface area contributed by atoms with Crippen molar-refractivity contribution < 1.29 is 4.21 Å². The number of rotatable bonds is 6. The van der Waals surface area contributed by atoms with Gasteiger partial charge in [0, 0.05) is 41.0 Å². The van der Waals surface area contributed by atoms with Gasteiger partial charge in [-0.15, -0.1) is 0 Å². The molecule has 6 nitrogen and oxygen atoms in total. The van der Waals surface area contributed by atoms with E-state index in [2.05, 4.69) is 20.7 Å². The summed E-state index contributed by atoms with van der Waals surface area (Å²) in [7, 11) is -0.834. The van der Waals surface area contributed by atoms with Crippen molar-refractivity contribution in [1.82, 2.24) is 9.97 Å². The van der Waals surface area contributed by atoms with E-state index in [0.29, 0.717) is 29.8 Å². The van der Waals surface area contributed by atoms with Crippen LogP contribution in [0, 0.1) is 0 Å². The fraction of sp³-hybridized carbons (Fsp3) is 0.231. The molecular weight excluding hydrogens is 274 g/mol. The third kappa shape index (κ3) is 4.01. The molecule has 1 atom stereocenters. The second-order valence-corrected chi connectivity index (χ2v) is 5.73. The highest BCUT2D eigenvalue weighted by atomic mass is 32.2. The molecule has 1 aromatic heterocycles. The molecule has 0 saturated heterocycles. The van der Waals surface area contributed by atoms with Gasteiger partial charge < -0.3 is 10.7 Å². The average molecular weight is 291 g/mol. The number of hydrogen-bond donors (Lipinski definition) is 3. The van der Waals surface area contributed by atoms with Crippen LogP contribution in [0.5, 0.6) is 0 Å². The summed E-state index contributed by atoms with van der Waals surface area (Å²) >= 11 is 0. The van der Waals surface area contributed by atoms with Crippen LogP contribution in [0.4, 0.5) is 11.6 Å². The predicted octanol–water partition coefficient (Wildman–Crippen LogP) is 1.22. The van der Waals surface area contributed by atoms with Gasteiger partial charge in [0.25, 0.3) is 0 Å². The SMILES string of the molecule is CS(=O)CCNc1cc(NN)nc(-c2ccccc2)n1. The summed E-state index contributed by atoms with van der Waals surface area (Å²) in [5.41, 5.74) is 3.43. The zero-order valence-corrected chi connectivity index (χ0v) is 12.0. The lowest BCUT2D eigenvalue weighted by Crippen LogP contribution is -2.14. The Morgan fingerprint density at radius 2 is 1.90 bits per heavy atom. The number of nitrogens with two attached hydrogens (primary N) is 1. The highest BCUT2D eigenvalue weighted by Gasteiger charge is 2.06. The van der Waals surface area contributed by atoms with Gasteiger partial charge in [0.05, 0.1) is 0 Å². The van der Waals surface area contributed by atoms with Gasteiger partial charge in [0.15, 0.2) is 5.82 Å². The van der Waals surface area contributed by atoms with Crippen molar-refractivity contribution >= 4 is 22.4 Å². The minimum atomic E-state index is -0.834. The zero-order chi connectivity index (χ0) is 14.4. The average Bonchev–Trinajstić information content (AvgIpc) is 2.47. The lowest BCUT2D eigenvalue weighted by Gasteiger charge is -2.09. The molecule has 7 heteroatoms. The van der Waals surface area contributed by atoms with E-state index < -0.39 is 10.8 Å². The first kappa shape index (κ1) is 14.4. The molecule has 2 aromatic rings. The Kier molecular flexibility index (Phi) is 5.03. The number of nitrogens with zero attached hydrogens (tertiary/aromatic N) is 2. The minimum Gasteiger partial charge on any atom is -0.369 e. The summed E-state index contributed by atoms with van der Waals surface area (Å²) in [6.07, 6.45) is 1.67. The largest absolute Gasteiger partial charge is 0.369 e. The van der Waals surface area contributed by atoms with Gasteiger partial charge in [-0.3, -0.25) is 4.21 Å². The standard InChI is InChI=1S/C13H17N5OS/c1-20(19)8-7-15-11-9-12(18-14)17-13(16-11)10-5-3-2-4-6-10/h2-6,9H,7-8,14H2,1H3,(H2,15,16,17,18). The number of nitrogens with one attached hydrogen (secondary N) is 2. The quantitative estimate of drug-likeness (QED) is 0.547. The summed E-state index contributed by atoms with van der Waals surface area (Å²) in [5, 5.41) is 3.12. The van der Waals surface area contributed by atoms with Crippen LogP contribution in [0.25, 0.3) is 11.4 Å². The van der Waals surface area contributed by atoms with E-state index in [1.807, 2.05) is 30.3 Å². The molecule has 4 N–H and O–H groups in total. The van der Waals surface area contributed by atoms with Crippen LogP contribution in [0.15, 0.2) is 36.4 Å². The van der Waals surface area contributed by atoms with Crippen LogP contribution in [-0.2, 0) is 10.8 Å². The molecule has 1 aromatic carbocycles. The number of benzene rings is 1. The number of aromatic nitrogens is 2. The fourth-order valence-corrected chi connectivity index (χ4v) is 2.04. The molecule has 2 rings (SSSR count). The zero-order valence-electron chi connectivity index (χ0n) is 11.2. The first-order valence-electron chi connectivity index (χ1n) is 6.14. The lowest BCUT2D eigenvalue weighted by atomic mass is 10.2. The van der Waals surface area contributed by atoms with Crippen molar-refractivity contribution in [3.8, 4) is 11.4 Å². The molecule has 0 aliphatic rings. The van der Waals surface area contributed by atoms with Crippen LogP contribution in [0.3, 0.4) is 0 Å². The Morgan fingerprint density at radius 3 is 2.55 bits per heavy atom. The second kappa shape index (κ2) is 6.97. The summed E-state index contributed by atoms with van der Waals surface area (Å²) < 4.78 is 11.1. The van der Waals surface area contributed by atoms with Crippen molar-refractivity contribution in [1.29, 1.82) is 0 Å². The van der Waals surface area contributed by atoms with Crippen LogP contribution < -0.4 is 16.6 Å². The van der Waals surface area contributed by atoms with E-state index in [1.54, 1.807) is 12.3 Å². The van der Waals surface area contributed by atoms with Crippen LogP contribution in [-0.4, -0.2) is 32.7 Å². The fourth-order valence-electron chi connectivity index (χ4n) is 1.65. The monoisotopic (exact) mass is 291 g/mol. The number of nitrogen functional groups attached to an aromatic ring is 1.